The van der Waals surface area contributed by atoms with Crippen molar-refractivity contribution in [3.8, 4) is 0 Å². The number of halogens is 2. The van der Waals surface area contributed by atoms with Crippen LogP contribution in [0.1, 0.15) is 69.2 Å². The quantitative estimate of drug-likeness (QED) is 0.0969. The third-order valence-corrected chi connectivity index (χ3v) is 8.77. The molecule has 0 spiro atoms. The highest BCUT2D eigenvalue weighted by atomic mass is 127. The molecule has 0 radical (unpaired) electrons. The lowest BCUT2D eigenvalue weighted by molar-refractivity contribution is 0.617. The summed E-state index contributed by atoms with van der Waals surface area (Å²) in [5, 5.41) is 2.54. The Morgan fingerprint density at radius 1 is 0.738 bits per heavy atom. The summed E-state index contributed by atoms with van der Waals surface area (Å²) in [5.74, 6) is -0.210. The van der Waals surface area contributed by atoms with Gasteiger partial charge >= 0.3 is 0 Å². The average molecular weight is 677 g/mol. The maximum absolute atomic E-state index is 14.6. The van der Waals surface area contributed by atoms with Crippen LogP contribution in [0.5, 0.6) is 0 Å². The van der Waals surface area contributed by atoms with Crippen molar-refractivity contribution >= 4 is 50.8 Å². The summed E-state index contributed by atoms with van der Waals surface area (Å²) in [4.78, 5) is 4.98. The molecule has 0 fully saturated rings. The number of aryl methyl sites for hydroxylation is 1. The fraction of sp³-hybridized carbons (Fsp3) is 0.368. The summed E-state index contributed by atoms with van der Waals surface area (Å²) < 4.78 is 15.7. The first kappa shape index (κ1) is 32.1. The Hall–Kier alpha value is -2.86. The van der Waals surface area contributed by atoms with Crippen molar-refractivity contribution in [3.05, 3.63) is 113 Å². The number of allylic oxidation sites excluding steroid dienone is 1. The van der Waals surface area contributed by atoms with Gasteiger partial charge in [0.1, 0.15) is 5.82 Å². The minimum absolute atomic E-state index is 0.210. The Kier molecular flexibility index (Phi) is 11.5. The monoisotopic (exact) mass is 676 g/mol. The lowest BCUT2D eigenvalue weighted by Gasteiger charge is -2.30. The summed E-state index contributed by atoms with van der Waals surface area (Å²) >= 11 is 2.45. The van der Waals surface area contributed by atoms with E-state index in [1.807, 2.05) is 12.1 Å². The van der Waals surface area contributed by atoms with Gasteiger partial charge in [0.05, 0.1) is 0 Å². The molecule has 0 saturated carbocycles. The van der Waals surface area contributed by atoms with Crippen molar-refractivity contribution in [1.82, 2.24) is 0 Å². The van der Waals surface area contributed by atoms with E-state index in [-0.39, 0.29) is 5.82 Å². The fourth-order valence-electron chi connectivity index (χ4n) is 6.07. The molecule has 0 amide bonds. The number of hydrogen-bond donors (Lipinski definition) is 0. The minimum Gasteiger partial charge on any atom is -0.371 e. The summed E-state index contributed by atoms with van der Waals surface area (Å²) in [6.07, 6.45) is 7.89. The number of nitrogens with zero attached hydrogens (tertiary/aromatic N) is 2. The normalized spacial score (nSPS) is 13.0. The van der Waals surface area contributed by atoms with Gasteiger partial charge in [-0.1, -0.05) is 104 Å². The van der Waals surface area contributed by atoms with Gasteiger partial charge in [-0.2, -0.15) is 0 Å². The molecule has 0 aromatic heterocycles. The molecule has 0 saturated heterocycles. The second-order valence-corrected chi connectivity index (χ2v) is 12.5. The third kappa shape index (κ3) is 7.19. The molecule has 4 aromatic rings. The fourth-order valence-corrected chi connectivity index (χ4v) is 6.65. The highest BCUT2D eigenvalue weighted by Crippen LogP contribution is 2.38. The van der Waals surface area contributed by atoms with Crippen LogP contribution in [0.4, 0.5) is 15.8 Å². The van der Waals surface area contributed by atoms with E-state index >= 15 is 0 Å². The van der Waals surface area contributed by atoms with Crippen LogP contribution in [-0.4, -0.2) is 30.6 Å². The Balaban J connectivity index is 1.83. The number of rotatable bonds is 14. The van der Waals surface area contributed by atoms with E-state index < -0.39 is 5.41 Å². The molecule has 0 N–H and O–H groups in total. The summed E-state index contributed by atoms with van der Waals surface area (Å²) in [6.45, 7) is 15.3. The maximum Gasteiger partial charge on any atom is 0.123 e. The second kappa shape index (κ2) is 15.0. The van der Waals surface area contributed by atoms with Crippen LogP contribution in [0, 0.1) is 12.7 Å². The zero-order chi connectivity index (χ0) is 30.1. The molecule has 1 atom stereocenters. The van der Waals surface area contributed by atoms with Crippen LogP contribution in [0.15, 0.2) is 84.9 Å². The molecule has 0 heterocycles. The molecule has 1 unspecified atom stereocenters. The molecule has 2 nitrogen and oxygen atoms in total. The minimum atomic E-state index is -0.512. The van der Waals surface area contributed by atoms with E-state index in [1.54, 1.807) is 6.07 Å². The van der Waals surface area contributed by atoms with E-state index in [0.29, 0.717) is 0 Å². The molecule has 4 heteroatoms. The number of alkyl halides is 1. The molecule has 0 aliphatic rings. The third-order valence-electron chi connectivity index (χ3n) is 8.29. The van der Waals surface area contributed by atoms with Gasteiger partial charge in [-0.25, -0.2) is 4.39 Å². The molecule has 4 aromatic carbocycles. The number of fused-ring (bicyclic) bond motifs is 1. The van der Waals surface area contributed by atoms with E-state index in [4.69, 9.17) is 0 Å². The molecular weight excluding hydrogens is 630 g/mol. The SMILES string of the molecule is CCCN(CCI)c1ccc(C(C)(/C=C\c2c(C)cc(N(CCC)CCC)c3ccccc23)c2cccc(F)c2)cc1. The van der Waals surface area contributed by atoms with Gasteiger partial charge in [0.15, 0.2) is 0 Å². The molecule has 0 bridgehead atoms. The number of benzene rings is 4. The Bertz CT molecular complexity index is 1470. The standard InChI is InChI=1S/C38H46FIN2/c1-6-23-41(26-22-40)33-18-16-30(17-19-33)38(5,31-12-11-13-32(39)28-31)21-20-34-29(4)27-37(42(24-7-2)25-8-3)36-15-10-9-14-35(34)36/h9-21,27-28H,6-8,22-26H2,1-5H3/b21-20-. The van der Waals surface area contributed by atoms with E-state index in [9.17, 15) is 4.39 Å². The average Bonchev–Trinajstić information content (AvgIpc) is 3.00. The van der Waals surface area contributed by atoms with E-state index in [0.717, 1.165) is 61.0 Å². The van der Waals surface area contributed by atoms with Crippen molar-refractivity contribution in [3.63, 3.8) is 0 Å². The van der Waals surface area contributed by atoms with E-state index in [2.05, 4.69) is 134 Å². The first-order chi connectivity index (χ1) is 20.4. The van der Waals surface area contributed by atoms with Gasteiger partial charge in [-0.05, 0) is 91.1 Å². The molecule has 0 aliphatic carbocycles. The van der Waals surface area contributed by atoms with Gasteiger partial charge in [0.2, 0.25) is 0 Å². The highest BCUT2D eigenvalue weighted by Gasteiger charge is 2.27. The summed E-state index contributed by atoms with van der Waals surface area (Å²) in [5.41, 5.74) is 6.61. The van der Waals surface area contributed by atoms with Crippen LogP contribution in [-0.2, 0) is 5.41 Å². The zero-order valence-electron chi connectivity index (χ0n) is 26.0. The molecule has 222 valence electrons. The molecule has 0 aliphatic heterocycles. The van der Waals surface area contributed by atoms with Crippen molar-refractivity contribution in [2.75, 3.05) is 40.4 Å². The van der Waals surface area contributed by atoms with Crippen LogP contribution >= 0.6 is 22.6 Å². The lowest BCUT2D eigenvalue weighted by atomic mass is 9.75. The topological polar surface area (TPSA) is 6.48 Å². The Morgan fingerprint density at radius 3 is 2.00 bits per heavy atom. The number of anilines is 2. The Morgan fingerprint density at radius 2 is 1.38 bits per heavy atom. The number of hydrogen-bond acceptors (Lipinski definition) is 2. The first-order valence-electron chi connectivity index (χ1n) is 15.5. The van der Waals surface area contributed by atoms with Gasteiger partial charge in [-0.3, -0.25) is 0 Å². The summed E-state index contributed by atoms with van der Waals surface area (Å²) in [6, 6.07) is 27.1. The highest BCUT2D eigenvalue weighted by molar-refractivity contribution is 14.1. The van der Waals surface area contributed by atoms with Crippen molar-refractivity contribution in [1.29, 1.82) is 0 Å². The smallest absolute Gasteiger partial charge is 0.123 e. The molecule has 42 heavy (non-hydrogen) atoms. The predicted molar refractivity (Wildman–Crippen MR) is 191 cm³/mol. The first-order valence-corrected chi connectivity index (χ1v) is 17.0. The molecular formula is C38H46FIN2. The van der Waals surface area contributed by atoms with Crippen molar-refractivity contribution < 1.29 is 4.39 Å². The van der Waals surface area contributed by atoms with Gasteiger partial charge in [0, 0.05) is 52.8 Å². The Labute approximate surface area is 266 Å². The maximum atomic E-state index is 14.6. The predicted octanol–water partition coefficient (Wildman–Crippen LogP) is 10.6. The van der Waals surface area contributed by atoms with Crippen LogP contribution < -0.4 is 9.80 Å². The largest absolute Gasteiger partial charge is 0.371 e. The second-order valence-electron chi connectivity index (χ2n) is 11.4. The van der Waals surface area contributed by atoms with Gasteiger partial charge in [-0.15, -0.1) is 0 Å². The summed E-state index contributed by atoms with van der Waals surface area (Å²) in [7, 11) is 0. The van der Waals surface area contributed by atoms with Crippen LogP contribution in [0.25, 0.3) is 16.8 Å². The molecule has 4 rings (SSSR count). The van der Waals surface area contributed by atoms with Crippen molar-refractivity contribution in [2.24, 2.45) is 0 Å². The van der Waals surface area contributed by atoms with Gasteiger partial charge < -0.3 is 9.80 Å². The lowest BCUT2D eigenvalue weighted by Crippen LogP contribution is -2.26. The van der Waals surface area contributed by atoms with Crippen LogP contribution in [0.3, 0.4) is 0 Å². The van der Waals surface area contributed by atoms with Crippen molar-refractivity contribution in [2.45, 2.75) is 59.3 Å². The van der Waals surface area contributed by atoms with Crippen LogP contribution in [0.2, 0.25) is 0 Å². The van der Waals surface area contributed by atoms with Gasteiger partial charge in [0.25, 0.3) is 0 Å². The zero-order valence-corrected chi connectivity index (χ0v) is 28.1. The van der Waals surface area contributed by atoms with E-state index in [1.165, 1.54) is 39.3 Å².